The van der Waals surface area contributed by atoms with Gasteiger partial charge in [0.05, 0.1) is 23.6 Å². The van der Waals surface area contributed by atoms with Crippen LogP contribution in [0.15, 0.2) is 60.8 Å². The van der Waals surface area contributed by atoms with Gasteiger partial charge in [0.1, 0.15) is 11.9 Å². The van der Waals surface area contributed by atoms with Crippen molar-refractivity contribution < 1.29 is 37.3 Å². The number of halogens is 3. The van der Waals surface area contributed by atoms with Crippen molar-refractivity contribution in [3.8, 4) is 22.7 Å². The molecule has 0 saturated carbocycles. The molecule has 1 unspecified atom stereocenters. The van der Waals surface area contributed by atoms with Gasteiger partial charge >= 0.3 is 18.1 Å². The van der Waals surface area contributed by atoms with Gasteiger partial charge in [-0.2, -0.15) is 28.2 Å². The second-order valence-electron chi connectivity index (χ2n) is 12.4. The van der Waals surface area contributed by atoms with Crippen molar-refractivity contribution in [2.24, 2.45) is 5.41 Å². The summed E-state index contributed by atoms with van der Waals surface area (Å²) in [5.41, 5.74) is 7.70. The number of carboxylic acids is 1. The van der Waals surface area contributed by atoms with Crippen LogP contribution in [0, 0.1) is 12.3 Å². The summed E-state index contributed by atoms with van der Waals surface area (Å²) in [5.74, 6) is -1.67. The highest BCUT2D eigenvalue weighted by molar-refractivity contribution is 5.90. The number of carboxylic acid groups (broad SMARTS) is 1. The van der Waals surface area contributed by atoms with Crippen LogP contribution in [0.2, 0.25) is 0 Å². The molecule has 2 saturated heterocycles. The van der Waals surface area contributed by atoms with Crippen LogP contribution < -0.4 is 20.7 Å². The molecule has 0 amide bonds. The predicted octanol–water partition coefficient (Wildman–Crippen LogP) is 5.11. The summed E-state index contributed by atoms with van der Waals surface area (Å²) >= 11 is 0. The van der Waals surface area contributed by atoms with Gasteiger partial charge in [-0.05, 0) is 80.0 Å². The van der Waals surface area contributed by atoms with E-state index in [9.17, 15) is 14.7 Å². The maximum atomic E-state index is 15.0. The second-order valence-corrected chi connectivity index (χ2v) is 12.4. The molecule has 2 aliphatic heterocycles. The van der Waals surface area contributed by atoms with Gasteiger partial charge in [0, 0.05) is 37.5 Å². The summed E-state index contributed by atoms with van der Waals surface area (Å²) in [6.45, 7) is 5.23. The number of benzene rings is 2. The van der Waals surface area contributed by atoms with Crippen LogP contribution in [-0.2, 0) is 9.53 Å². The largest absolute Gasteiger partial charge is 0.480 e. The Labute approximate surface area is 280 Å². The number of anilines is 2. The minimum Gasteiger partial charge on any atom is -0.480 e. The van der Waals surface area contributed by atoms with E-state index in [1.165, 1.54) is 22.9 Å². The van der Waals surface area contributed by atoms with Crippen molar-refractivity contribution in [1.29, 1.82) is 0 Å². The quantitative estimate of drug-likeness (QED) is 0.202. The molecule has 258 valence electrons. The van der Waals surface area contributed by atoms with E-state index in [0.29, 0.717) is 67.1 Å². The van der Waals surface area contributed by atoms with Gasteiger partial charge in [0.25, 0.3) is 0 Å². The van der Waals surface area contributed by atoms with Crippen molar-refractivity contribution in [1.82, 2.24) is 25.1 Å². The van der Waals surface area contributed by atoms with E-state index in [1.807, 2.05) is 4.90 Å². The number of alkyl halides is 3. The van der Waals surface area contributed by atoms with E-state index in [-0.39, 0.29) is 35.1 Å². The number of nitrogens with one attached hydrogen (secondary N) is 1. The van der Waals surface area contributed by atoms with Crippen LogP contribution in [0.1, 0.15) is 53.9 Å². The molecular weight excluding hydrogens is 643 g/mol. The molecular formula is C34H36F3N7O5. The number of nitrogens with two attached hydrogens (primary N) is 1. The lowest BCUT2D eigenvalue weighted by Crippen LogP contribution is -2.41. The molecule has 15 heteroatoms. The molecule has 6 rings (SSSR count). The lowest BCUT2D eigenvalue weighted by Gasteiger charge is -2.39. The molecule has 2 aromatic heterocycles. The number of esters is 1. The number of carbonyl (C=O) groups excluding carboxylic acids is 1. The predicted molar refractivity (Wildman–Crippen MR) is 173 cm³/mol. The third-order valence-electron chi connectivity index (χ3n) is 9.06. The zero-order valence-corrected chi connectivity index (χ0v) is 26.9. The fraction of sp³-hybridized carbons (Fsp3) is 0.382. The summed E-state index contributed by atoms with van der Waals surface area (Å²) in [4.78, 5) is 33.8. The SMILES string of the molecule is CCOC(=O)c1ccc(-c2ccc(-n3ccc(C)n3)c(C(Oc3cc(N4CCC5(CC4)CN[C@H](C(=O)O)C5)nc(N)n3)C(F)(F)F)c2)cc1. The highest BCUT2D eigenvalue weighted by atomic mass is 19.4. The zero-order chi connectivity index (χ0) is 34.9. The maximum Gasteiger partial charge on any atom is 0.429 e. The van der Waals surface area contributed by atoms with E-state index in [0.717, 1.165) is 0 Å². The number of nitrogens with zero attached hydrogens (tertiary/aromatic N) is 5. The number of aryl methyl sites for hydroxylation is 1. The zero-order valence-electron chi connectivity index (χ0n) is 26.9. The lowest BCUT2D eigenvalue weighted by molar-refractivity contribution is -0.198. The summed E-state index contributed by atoms with van der Waals surface area (Å²) in [7, 11) is 0. The van der Waals surface area contributed by atoms with Crippen LogP contribution in [0.25, 0.3) is 16.8 Å². The van der Waals surface area contributed by atoms with Crippen LogP contribution in [-0.4, -0.2) is 75.3 Å². The van der Waals surface area contributed by atoms with Gasteiger partial charge in [-0.25, -0.2) is 9.48 Å². The Morgan fingerprint density at radius 1 is 1.08 bits per heavy atom. The Hall–Kier alpha value is -5.18. The Balaban J connectivity index is 1.31. The lowest BCUT2D eigenvalue weighted by atomic mass is 9.76. The average molecular weight is 680 g/mol. The summed E-state index contributed by atoms with van der Waals surface area (Å²) in [6.07, 6.45) is -3.94. The number of rotatable bonds is 9. The number of aromatic nitrogens is 4. The van der Waals surface area contributed by atoms with Crippen LogP contribution in [0.5, 0.6) is 5.88 Å². The maximum absolute atomic E-state index is 15.0. The van der Waals surface area contributed by atoms with Gasteiger partial charge in [-0.15, -0.1) is 0 Å². The van der Waals surface area contributed by atoms with E-state index in [4.69, 9.17) is 15.2 Å². The molecule has 2 aromatic carbocycles. The van der Waals surface area contributed by atoms with Crippen molar-refractivity contribution in [3.05, 3.63) is 77.6 Å². The van der Waals surface area contributed by atoms with E-state index < -0.39 is 30.3 Å². The van der Waals surface area contributed by atoms with Crippen molar-refractivity contribution in [2.75, 3.05) is 36.9 Å². The highest BCUT2D eigenvalue weighted by Crippen LogP contribution is 2.43. The molecule has 4 aromatic rings. The molecule has 2 aliphatic rings. The fourth-order valence-corrected chi connectivity index (χ4v) is 6.48. The summed E-state index contributed by atoms with van der Waals surface area (Å²) in [5, 5.41) is 16.8. The summed E-state index contributed by atoms with van der Waals surface area (Å²) < 4.78 is 57.1. The number of aliphatic carboxylic acids is 1. The van der Waals surface area contributed by atoms with Gasteiger partial charge in [0.15, 0.2) is 0 Å². The second kappa shape index (κ2) is 13.4. The Bertz CT molecular complexity index is 1840. The smallest absolute Gasteiger partial charge is 0.429 e. The monoisotopic (exact) mass is 679 g/mol. The number of hydrogen-bond acceptors (Lipinski definition) is 10. The molecule has 2 atom stereocenters. The summed E-state index contributed by atoms with van der Waals surface area (Å²) in [6, 6.07) is 13.4. The normalized spacial score (nSPS) is 18.0. The fourth-order valence-electron chi connectivity index (χ4n) is 6.48. The Morgan fingerprint density at radius 3 is 2.41 bits per heavy atom. The Morgan fingerprint density at radius 2 is 1.80 bits per heavy atom. The van der Waals surface area contributed by atoms with Gasteiger partial charge in [0.2, 0.25) is 17.9 Å². The number of ether oxygens (including phenoxy) is 2. The molecule has 0 bridgehead atoms. The van der Waals surface area contributed by atoms with Crippen LogP contribution in [0.4, 0.5) is 24.9 Å². The van der Waals surface area contributed by atoms with Crippen LogP contribution >= 0.6 is 0 Å². The average Bonchev–Trinajstić information content (AvgIpc) is 3.69. The molecule has 49 heavy (non-hydrogen) atoms. The number of piperidine rings is 1. The Kier molecular flexibility index (Phi) is 9.20. The first kappa shape index (κ1) is 33.7. The van der Waals surface area contributed by atoms with Crippen molar-refractivity contribution >= 4 is 23.7 Å². The standard InChI is InChI=1S/C34H36F3N7O5/c1-3-48-31(47)22-6-4-21(5-7-22)23-8-9-26(44-13-10-20(2)42-44)24(16-23)29(34(35,36)37)49-28-17-27(40-32(38)41-28)43-14-11-33(12-15-43)18-25(30(45)46)39-19-33/h4-10,13,16-17,25,29,39H,3,11-12,14-15,18-19H2,1-2H3,(H,45,46)(H2,38,40,41)/t25-,29?/m0/s1. The van der Waals surface area contributed by atoms with Crippen molar-refractivity contribution in [2.45, 2.75) is 51.4 Å². The molecule has 0 radical (unpaired) electrons. The van der Waals surface area contributed by atoms with Gasteiger partial charge < -0.3 is 30.5 Å². The van der Waals surface area contributed by atoms with E-state index in [1.54, 1.807) is 56.4 Å². The minimum atomic E-state index is -4.89. The third kappa shape index (κ3) is 7.31. The van der Waals surface area contributed by atoms with Crippen molar-refractivity contribution in [3.63, 3.8) is 0 Å². The molecule has 12 nitrogen and oxygen atoms in total. The van der Waals surface area contributed by atoms with Gasteiger partial charge in [-0.3, -0.25) is 4.79 Å². The molecule has 4 N–H and O–H groups in total. The molecule has 0 aliphatic carbocycles. The van der Waals surface area contributed by atoms with E-state index >= 15 is 13.2 Å². The van der Waals surface area contributed by atoms with E-state index in [2.05, 4.69) is 20.4 Å². The molecule has 2 fully saturated rings. The number of nitrogen functional groups attached to an aromatic ring is 1. The molecule has 1 spiro atoms. The first-order valence-electron chi connectivity index (χ1n) is 15.9. The first-order chi connectivity index (χ1) is 23.3. The number of carbonyl (C=O) groups is 2. The highest BCUT2D eigenvalue weighted by Gasteiger charge is 2.46. The minimum absolute atomic E-state index is 0.149. The first-order valence-corrected chi connectivity index (χ1v) is 15.9. The third-order valence-corrected chi connectivity index (χ3v) is 9.06. The topological polar surface area (TPSA) is 158 Å². The number of hydrogen-bond donors (Lipinski definition) is 3. The van der Waals surface area contributed by atoms with Gasteiger partial charge in [-0.1, -0.05) is 18.2 Å². The van der Waals surface area contributed by atoms with Crippen LogP contribution in [0.3, 0.4) is 0 Å². The molecule has 4 heterocycles.